The van der Waals surface area contributed by atoms with Crippen LogP contribution >= 0.6 is 11.6 Å². The minimum atomic E-state index is -3.94. The maximum absolute atomic E-state index is 13.4. The van der Waals surface area contributed by atoms with E-state index in [1.165, 1.54) is 0 Å². The Morgan fingerprint density at radius 1 is 1.11 bits per heavy atom. The fourth-order valence-corrected chi connectivity index (χ4v) is 4.99. The van der Waals surface area contributed by atoms with Crippen LogP contribution in [0.15, 0.2) is 53.4 Å². The van der Waals surface area contributed by atoms with E-state index in [0.29, 0.717) is 29.7 Å². The number of likely N-dealkylation sites (tertiary alicyclic amines) is 1. The molecule has 0 spiro atoms. The molecule has 0 aliphatic carbocycles. The van der Waals surface area contributed by atoms with Crippen molar-refractivity contribution in [1.29, 1.82) is 0 Å². The second kappa shape index (κ2) is 8.53. The van der Waals surface area contributed by atoms with Crippen LogP contribution in [0.1, 0.15) is 25.3 Å². The molecule has 0 atom stereocenters. The molecule has 0 unspecified atom stereocenters. The van der Waals surface area contributed by atoms with Crippen molar-refractivity contribution in [2.24, 2.45) is 5.92 Å². The molecule has 2 aromatic carbocycles. The summed E-state index contributed by atoms with van der Waals surface area (Å²) in [4.78, 5) is 14.8. The number of sulfonamides is 1. The third kappa shape index (κ3) is 4.50. The number of para-hydroxylation sites is 1. The average molecular weight is 421 g/mol. The molecule has 5 nitrogen and oxygen atoms in total. The molecular weight excluding hydrogens is 396 g/mol. The molecule has 150 valence electrons. The van der Waals surface area contributed by atoms with Gasteiger partial charge in [-0.05, 0) is 49.9 Å². The van der Waals surface area contributed by atoms with Gasteiger partial charge in [-0.3, -0.25) is 9.10 Å². The van der Waals surface area contributed by atoms with Gasteiger partial charge in [0, 0.05) is 13.1 Å². The van der Waals surface area contributed by atoms with E-state index < -0.39 is 10.0 Å². The zero-order chi connectivity index (χ0) is 20.3. The highest BCUT2D eigenvalue weighted by atomic mass is 35.5. The maximum atomic E-state index is 13.4. The van der Waals surface area contributed by atoms with Crippen molar-refractivity contribution in [2.45, 2.75) is 31.6 Å². The molecular formula is C21H25ClN2O3S. The van der Waals surface area contributed by atoms with Gasteiger partial charge in [0.05, 0.1) is 15.6 Å². The molecule has 1 saturated heterocycles. The van der Waals surface area contributed by atoms with Crippen molar-refractivity contribution in [3.8, 4) is 0 Å². The molecule has 1 aliphatic heterocycles. The lowest BCUT2D eigenvalue weighted by Crippen LogP contribution is -2.45. The average Bonchev–Trinajstić information content (AvgIpc) is 2.67. The van der Waals surface area contributed by atoms with Gasteiger partial charge in [0.15, 0.2) is 0 Å². The summed E-state index contributed by atoms with van der Waals surface area (Å²) >= 11 is 6.30. The smallest absolute Gasteiger partial charge is 0.264 e. The number of nitrogens with zero attached hydrogens (tertiary/aromatic N) is 2. The standard InChI is InChI=1S/C21H25ClN2O3S/c1-16-7-9-18(10-8-16)28(26,27)24(20-6-4-3-5-19(20)22)15-21(25)23-13-11-17(2)12-14-23/h3-10,17H,11-15H2,1-2H3. The minimum absolute atomic E-state index is 0.137. The number of hydrogen-bond acceptors (Lipinski definition) is 3. The fourth-order valence-electron chi connectivity index (χ4n) is 3.27. The molecule has 3 rings (SSSR count). The highest BCUT2D eigenvalue weighted by molar-refractivity contribution is 7.92. The van der Waals surface area contributed by atoms with Crippen molar-refractivity contribution in [3.05, 3.63) is 59.1 Å². The number of anilines is 1. The lowest BCUT2D eigenvalue weighted by molar-refractivity contribution is -0.130. The number of halogens is 1. The van der Waals surface area contributed by atoms with Gasteiger partial charge < -0.3 is 4.90 Å². The Morgan fingerprint density at radius 3 is 2.32 bits per heavy atom. The van der Waals surface area contributed by atoms with Gasteiger partial charge in [-0.15, -0.1) is 0 Å². The van der Waals surface area contributed by atoms with E-state index in [2.05, 4.69) is 6.92 Å². The van der Waals surface area contributed by atoms with Gasteiger partial charge in [0.2, 0.25) is 5.91 Å². The number of benzene rings is 2. The number of piperidine rings is 1. The van der Waals surface area contributed by atoms with Crippen LogP contribution in [-0.4, -0.2) is 38.9 Å². The number of carbonyl (C=O) groups excluding carboxylic acids is 1. The summed E-state index contributed by atoms with van der Waals surface area (Å²) < 4.78 is 27.9. The topological polar surface area (TPSA) is 57.7 Å². The summed E-state index contributed by atoms with van der Waals surface area (Å²) in [5, 5.41) is 0.290. The lowest BCUT2D eigenvalue weighted by atomic mass is 9.99. The molecule has 0 saturated carbocycles. The quantitative estimate of drug-likeness (QED) is 0.731. The lowest BCUT2D eigenvalue weighted by Gasteiger charge is -2.33. The molecule has 1 fully saturated rings. The van der Waals surface area contributed by atoms with Crippen molar-refractivity contribution < 1.29 is 13.2 Å². The Kier molecular flexibility index (Phi) is 6.30. The number of aryl methyl sites for hydroxylation is 1. The summed E-state index contributed by atoms with van der Waals surface area (Å²) in [5.74, 6) is 0.377. The Hall–Kier alpha value is -2.05. The van der Waals surface area contributed by atoms with E-state index in [4.69, 9.17) is 11.6 Å². The predicted molar refractivity (Wildman–Crippen MR) is 112 cm³/mol. The zero-order valence-corrected chi connectivity index (χ0v) is 17.7. The summed E-state index contributed by atoms with van der Waals surface area (Å²) in [6.45, 7) is 5.10. The minimum Gasteiger partial charge on any atom is -0.341 e. The summed E-state index contributed by atoms with van der Waals surface area (Å²) in [6.07, 6.45) is 1.87. The highest BCUT2D eigenvalue weighted by Crippen LogP contribution is 2.30. The largest absolute Gasteiger partial charge is 0.341 e. The van der Waals surface area contributed by atoms with Gasteiger partial charge in [-0.25, -0.2) is 8.42 Å². The first-order chi connectivity index (χ1) is 13.3. The van der Waals surface area contributed by atoms with Gasteiger partial charge >= 0.3 is 0 Å². The summed E-state index contributed by atoms with van der Waals surface area (Å²) in [5.41, 5.74) is 1.27. The van der Waals surface area contributed by atoms with Gasteiger partial charge in [0.25, 0.3) is 10.0 Å². The van der Waals surface area contributed by atoms with E-state index in [9.17, 15) is 13.2 Å². The van der Waals surface area contributed by atoms with E-state index in [1.807, 2.05) is 6.92 Å². The first-order valence-corrected chi connectivity index (χ1v) is 11.2. The van der Waals surface area contributed by atoms with Crippen molar-refractivity contribution in [1.82, 2.24) is 4.90 Å². The maximum Gasteiger partial charge on any atom is 0.264 e. The fraction of sp³-hybridized carbons (Fsp3) is 0.381. The summed E-state index contributed by atoms with van der Waals surface area (Å²) in [7, 11) is -3.94. The van der Waals surface area contributed by atoms with Crippen LogP contribution in [0.4, 0.5) is 5.69 Å². The van der Waals surface area contributed by atoms with E-state index in [0.717, 1.165) is 22.7 Å². The number of rotatable bonds is 5. The van der Waals surface area contributed by atoms with Crippen LogP contribution in [0.3, 0.4) is 0 Å². The van der Waals surface area contributed by atoms with Crippen molar-refractivity contribution >= 4 is 33.2 Å². The van der Waals surface area contributed by atoms with Crippen LogP contribution in [0.5, 0.6) is 0 Å². The van der Waals surface area contributed by atoms with Crippen molar-refractivity contribution in [2.75, 3.05) is 23.9 Å². The molecule has 28 heavy (non-hydrogen) atoms. The number of amides is 1. The molecule has 2 aromatic rings. The zero-order valence-electron chi connectivity index (χ0n) is 16.1. The first kappa shape index (κ1) is 20.7. The van der Waals surface area contributed by atoms with Crippen LogP contribution in [0, 0.1) is 12.8 Å². The first-order valence-electron chi connectivity index (χ1n) is 9.41. The molecule has 0 bridgehead atoms. The number of carbonyl (C=O) groups is 1. The second-order valence-electron chi connectivity index (χ2n) is 7.34. The Bertz CT molecular complexity index is 936. The monoisotopic (exact) mass is 420 g/mol. The molecule has 1 aliphatic rings. The Morgan fingerprint density at radius 2 is 1.71 bits per heavy atom. The summed E-state index contributed by atoms with van der Waals surface area (Å²) in [6, 6.07) is 13.3. The molecule has 1 heterocycles. The number of hydrogen-bond donors (Lipinski definition) is 0. The van der Waals surface area contributed by atoms with Crippen LogP contribution in [0.2, 0.25) is 5.02 Å². The van der Waals surface area contributed by atoms with Crippen LogP contribution in [0.25, 0.3) is 0 Å². The van der Waals surface area contributed by atoms with Gasteiger partial charge in [-0.2, -0.15) is 0 Å². The Balaban J connectivity index is 1.95. The molecule has 7 heteroatoms. The van der Waals surface area contributed by atoms with E-state index in [-0.39, 0.29) is 17.3 Å². The highest BCUT2D eigenvalue weighted by Gasteiger charge is 2.31. The Labute approximate surface area is 172 Å². The van der Waals surface area contributed by atoms with E-state index in [1.54, 1.807) is 53.4 Å². The molecule has 0 N–H and O–H groups in total. The third-order valence-electron chi connectivity index (χ3n) is 5.15. The predicted octanol–water partition coefficient (Wildman–Crippen LogP) is 4.10. The normalized spacial score (nSPS) is 15.5. The molecule has 1 amide bonds. The van der Waals surface area contributed by atoms with Gasteiger partial charge in [0.1, 0.15) is 6.54 Å². The van der Waals surface area contributed by atoms with Crippen LogP contribution in [-0.2, 0) is 14.8 Å². The van der Waals surface area contributed by atoms with Crippen molar-refractivity contribution in [3.63, 3.8) is 0 Å². The van der Waals surface area contributed by atoms with Crippen LogP contribution < -0.4 is 4.31 Å². The SMILES string of the molecule is Cc1ccc(S(=O)(=O)N(CC(=O)N2CCC(C)CC2)c2ccccc2Cl)cc1. The third-order valence-corrected chi connectivity index (χ3v) is 7.24. The van der Waals surface area contributed by atoms with E-state index >= 15 is 0 Å². The van der Waals surface area contributed by atoms with Gasteiger partial charge in [-0.1, -0.05) is 48.4 Å². The molecule has 0 radical (unpaired) electrons. The second-order valence-corrected chi connectivity index (χ2v) is 9.61. The molecule has 0 aromatic heterocycles.